The molecule has 0 amide bonds. The maximum atomic E-state index is 12.4. The molecule has 6 heteroatoms. The smallest absolute Gasteiger partial charge is 0.316 e. The number of benzene rings is 2. The van der Waals surface area contributed by atoms with Gasteiger partial charge in [0.2, 0.25) is 0 Å². The van der Waals surface area contributed by atoms with Gasteiger partial charge in [-0.25, -0.2) is 0 Å². The van der Waals surface area contributed by atoms with Crippen molar-refractivity contribution in [3.63, 3.8) is 0 Å². The lowest BCUT2D eigenvalue weighted by molar-refractivity contribution is -0.142. The van der Waals surface area contributed by atoms with Gasteiger partial charge in [0.25, 0.3) is 0 Å². The molecule has 0 saturated carbocycles. The van der Waals surface area contributed by atoms with E-state index >= 15 is 0 Å². The quantitative estimate of drug-likeness (QED) is 0.493. The zero-order chi connectivity index (χ0) is 19.7. The van der Waals surface area contributed by atoms with E-state index in [1.165, 1.54) is 7.11 Å². The summed E-state index contributed by atoms with van der Waals surface area (Å²) < 4.78 is 16.6. The van der Waals surface area contributed by atoms with Crippen LogP contribution in [0.4, 0.5) is 0 Å². The molecule has 2 heterocycles. The third-order valence-corrected chi connectivity index (χ3v) is 4.60. The average molecular weight is 370 g/mol. The number of carbonyl (C=O) groups is 1. The molecule has 0 N–H and O–H groups in total. The van der Waals surface area contributed by atoms with E-state index in [2.05, 4.69) is 12.1 Å². The van der Waals surface area contributed by atoms with Crippen LogP contribution in [0.5, 0.6) is 0 Å². The van der Waals surface area contributed by atoms with Crippen LogP contribution in [0.3, 0.4) is 0 Å². The second-order valence-corrected chi connectivity index (χ2v) is 6.37. The van der Waals surface area contributed by atoms with Crippen molar-refractivity contribution in [3.05, 3.63) is 71.2 Å². The zero-order valence-corrected chi connectivity index (χ0v) is 14.9. The first-order chi connectivity index (χ1) is 13.6. The Morgan fingerprint density at radius 1 is 0.964 bits per heavy atom. The number of nitrogens with zero attached hydrogens (tertiary/aromatic N) is 2. The van der Waals surface area contributed by atoms with E-state index in [9.17, 15) is 4.79 Å². The van der Waals surface area contributed by atoms with Crippen LogP contribution in [0, 0.1) is 22.7 Å². The second-order valence-electron chi connectivity index (χ2n) is 6.37. The molecule has 0 fully saturated rings. The van der Waals surface area contributed by atoms with Crippen molar-refractivity contribution in [2.24, 2.45) is 0 Å². The molecule has 0 saturated heterocycles. The highest BCUT2D eigenvalue weighted by Gasteiger charge is 2.27. The summed E-state index contributed by atoms with van der Waals surface area (Å²) in [7, 11) is 1.32. The van der Waals surface area contributed by atoms with Crippen LogP contribution in [0.25, 0.3) is 21.9 Å². The van der Waals surface area contributed by atoms with Crippen molar-refractivity contribution in [1.29, 1.82) is 10.5 Å². The minimum Gasteiger partial charge on any atom is -0.468 e. The maximum absolute atomic E-state index is 12.4. The number of methoxy groups -OCH3 is 1. The lowest BCUT2D eigenvalue weighted by Gasteiger charge is -2.10. The molecule has 4 rings (SSSR count). The topological polar surface area (TPSA) is 100 Å². The van der Waals surface area contributed by atoms with Crippen LogP contribution < -0.4 is 0 Å². The highest BCUT2D eigenvalue weighted by molar-refractivity contribution is 5.84. The Bertz CT molecular complexity index is 1280. The molecule has 136 valence electrons. The van der Waals surface area contributed by atoms with Gasteiger partial charge in [-0.05, 0) is 48.5 Å². The summed E-state index contributed by atoms with van der Waals surface area (Å²) in [6, 6.07) is 18.0. The van der Waals surface area contributed by atoms with Crippen LogP contribution in [-0.4, -0.2) is 13.1 Å². The van der Waals surface area contributed by atoms with Crippen LogP contribution in [-0.2, 0) is 16.0 Å². The molecule has 2 aromatic carbocycles. The van der Waals surface area contributed by atoms with Crippen LogP contribution >= 0.6 is 0 Å². The first kappa shape index (κ1) is 17.4. The van der Waals surface area contributed by atoms with Gasteiger partial charge in [-0.3, -0.25) is 4.79 Å². The Hall–Kier alpha value is -4.03. The van der Waals surface area contributed by atoms with Gasteiger partial charge in [0.05, 0.1) is 30.4 Å². The first-order valence-corrected chi connectivity index (χ1v) is 8.55. The van der Waals surface area contributed by atoms with Crippen LogP contribution in [0.15, 0.2) is 57.4 Å². The molecule has 28 heavy (non-hydrogen) atoms. The number of hydrogen-bond acceptors (Lipinski definition) is 6. The van der Waals surface area contributed by atoms with Crippen LogP contribution in [0.1, 0.15) is 28.6 Å². The summed E-state index contributed by atoms with van der Waals surface area (Å²) in [6.07, 6.45) is 0.244. The molecule has 6 nitrogen and oxygen atoms in total. The molecule has 0 spiro atoms. The Labute approximate surface area is 160 Å². The van der Waals surface area contributed by atoms with Gasteiger partial charge in [0.1, 0.15) is 28.6 Å². The normalized spacial score (nSPS) is 11.8. The maximum Gasteiger partial charge on any atom is 0.316 e. The molecule has 0 radical (unpaired) electrons. The van der Waals surface area contributed by atoms with Crippen molar-refractivity contribution < 1.29 is 18.4 Å². The summed E-state index contributed by atoms with van der Waals surface area (Å²) >= 11 is 0. The van der Waals surface area contributed by atoms with E-state index < -0.39 is 11.9 Å². The molecule has 1 atom stereocenters. The fourth-order valence-corrected chi connectivity index (χ4v) is 3.22. The van der Waals surface area contributed by atoms with E-state index in [1.54, 1.807) is 42.5 Å². The number of esters is 1. The van der Waals surface area contributed by atoms with Gasteiger partial charge in [-0.15, -0.1) is 0 Å². The van der Waals surface area contributed by atoms with Crippen LogP contribution in [0.2, 0.25) is 0 Å². The molecule has 0 aliphatic heterocycles. The summed E-state index contributed by atoms with van der Waals surface area (Å²) in [4.78, 5) is 12.4. The number of furan rings is 2. The monoisotopic (exact) mass is 370 g/mol. The molecule has 2 aromatic heterocycles. The fraction of sp³-hybridized carbons (Fsp3) is 0.136. The standard InChI is InChI=1S/C22H14N2O4/c1-26-22(25)18(21-9-16-7-14(12-24)3-5-20(16)28-21)10-17-8-15-6-13(11-23)2-4-19(15)27-17/h2-9,18H,10H2,1H3. The van der Waals surface area contributed by atoms with Crippen molar-refractivity contribution in [2.45, 2.75) is 12.3 Å². The number of ether oxygens (including phenoxy) is 1. The first-order valence-electron chi connectivity index (χ1n) is 8.55. The largest absolute Gasteiger partial charge is 0.468 e. The second kappa shape index (κ2) is 6.94. The summed E-state index contributed by atoms with van der Waals surface area (Å²) in [5.41, 5.74) is 2.28. The predicted molar refractivity (Wildman–Crippen MR) is 100 cm³/mol. The molecule has 1 unspecified atom stereocenters. The Kier molecular flexibility index (Phi) is 4.31. The number of rotatable bonds is 4. The summed E-state index contributed by atoms with van der Waals surface area (Å²) in [5, 5.41) is 19.6. The van der Waals surface area contributed by atoms with Crippen molar-refractivity contribution in [1.82, 2.24) is 0 Å². The molecule has 0 bridgehead atoms. The lowest BCUT2D eigenvalue weighted by Crippen LogP contribution is -2.16. The van der Waals surface area contributed by atoms with E-state index in [4.69, 9.17) is 24.1 Å². The van der Waals surface area contributed by atoms with Crippen molar-refractivity contribution in [2.75, 3.05) is 7.11 Å². The highest BCUT2D eigenvalue weighted by atomic mass is 16.5. The van der Waals surface area contributed by atoms with E-state index in [0.717, 1.165) is 10.8 Å². The fourth-order valence-electron chi connectivity index (χ4n) is 3.22. The molecule has 0 aliphatic carbocycles. The molecule has 4 aromatic rings. The predicted octanol–water partition coefficient (Wildman–Crippen LogP) is 4.42. The lowest BCUT2D eigenvalue weighted by atomic mass is 10.00. The third-order valence-electron chi connectivity index (χ3n) is 4.60. The number of nitriles is 2. The number of hydrogen-bond donors (Lipinski definition) is 0. The minimum atomic E-state index is -0.695. The minimum absolute atomic E-state index is 0.244. The zero-order valence-electron chi connectivity index (χ0n) is 14.9. The molecule has 0 aliphatic rings. The van der Waals surface area contributed by atoms with Gasteiger partial charge in [-0.1, -0.05) is 0 Å². The average Bonchev–Trinajstić information content (AvgIpc) is 3.33. The highest BCUT2D eigenvalue weighted by Crippen LogP contribution is 2.31. The van der Waals surface area contributed by atoms with E-state index in [0.29, 0.717) is 33.8 Å². The SMILES string of the molecule is COC(=O)C(Cc1cc2cc(C#N)ccc2o1)c1cc2cc(C#N)ccc2o1. The Balaban J connectivity index is 1.72. The van der Waals surface area contributed by atoms with E-state index in [1.807, 2.05) is 6.07 Å². The molecular weight excluding hydrogens is 356 g/mol. The van der Waals surface area contributed by atoms with Crippen molar-refractivity contribution >= 4 is 27.9 Å². The molecular formula is C22H14N2O4. The van der Waals surface area contributed by atoms with Crippen molar-refractivity contribution in [3.8, 4) is 12.1 Å². The summed E-state index contributed by atoms with van der Waals surface area (Å²) in [6.45, 7) is 0. The summed E-state index contributed by atoms with van der Waals surface area (Å²) in [5.74, 6) is -0.120. The number of carbonyl (C=O) groups excluding carboxylic acids is 1. The van der Waals surface area contributed by atoms with Gasteiger partial charge < -0.3 is 13.6 Å². The third kappa shape index (κ3) is 3.08. The Morgan fingerprint density at radius 3 is 2.18 bits per heavy atom. The van der Waals surface area contributed by atoms with Gasteiger partial charge in [0.15, 0.2) is 0 Å². The van der Waals surface area contributed by atoms with Gasteiger partial charge in [-0.2, -0.15) is 10.5 Å². The number of fused-ring (bicyclic) bond motifs is 2. The van der Waals surface area contributed by atoms with Gasteiger partial charge in [0, 0.05) is 17.2 Å². The van der Waals surface area contributed by atoms with E-state index in [-0.39, 0.29) is 6.42 Å². The van der Waals surface area contributed by atoms with Gasteiger partial charge >= 0.3 is 5.97 Å². The Morgan fingerprint density at radius 2 is 1.57 bits per heavy atom.